The lowest BCUT2D eigenvalue weighted by molar-refractivity contribution is -0.124. The molecule has 0 aliphatic rings. The SMILES string of the molecule is Cc1ccc(C(=O)NC[C@H](C)C(=O)NCCCc2cn[nH]c2C)s1. The first-order valence-electron chi connectivity index (χ1n) is 8.08. The molecule has 0 saturated carbocycles. The molecule has 0 aliphatic carbocycles. The zero-order chi connectivity index (χ0) is 17.5. The maximum atomic E-state index is 12.0. The molecule has 0 bridgehead atoms. The van der Waals surface area contributed by atoms with Crippen molar-refractivity contribution in [1.29, 1.82) is 0 Å². The Kier molecular flexibility index (Phi) is 6.54. The standard InChI is InChI=1S/C17H24N4O2S/c1-11(9-19-17(23)15-7-6-12(2)24-15)16(22)18-8-4-5-14-10-20-21-13(14)3/h6-7,10-11H,4-5,8-9H2,1-3H3,(H,18,22)(H,19,23)(H,20,21)/t11-/m0/s1. The molecular formula is C17H24N4O2S. The first-order chi connectivity index (χ1) is 11.5. The van der Waals surface area contributed by atoms with Crippen LogP contribution in [-0.4, -0.2) is 35.1 Å². The topological polar surface area (TPSA) is 86.9 Å². The van der Waals surface area contributed by atoms with Gasteiger partial charge in [-0.1, -0.05) is 6.92 Å². The molecule has 2 rings (SSSR count). The van der Waals surface area contributed by atoms with Crippen molar-refractivity contribution >= 4 is 23.2 Å². The first-order valence-corrected chi connectivity index (χ1v) is 8.90. The third-order valence-corrected chi connectivity index (χ3v) is 4.84. The molecule has 2 heterocycles. The van der Waals surface area contributed by atoms with Crippen molar-refractivity contribution < 1.29 is 9.59 Å². The summed E-state index contributed by atoms with van der Waals surface area (Å²) in [7, 11) is 0. The molecule has 0 aromatic carbocycles. The largest absolute Gasteiger partial charge is 0.356 e. The smallest absolute Gasteiger partial charge is 0.261 e. The number of aryl methyl sites for hydroxylation is 3. The molecule has 6 nitrogen and oxygen atoms in total. The van der Waals surface area contributed by atoms with Gasteiger partial charge in [-0.05, 0) is 44.4 Å². The Bertz CT molecular complexity index is 692. The predicted molar refractivity (Wildman–Crippen MR) is 95.2 cm³/mol. The number of aromatic amines is 1. The van der Waals surface area contributed by atoms with E-state index in [1.165, 1.54) is 16.9 Å². The van der Waals surface area contributed by atoms with Gasteiger partial charge in [-0.15, -0.1) is 11.3 Å². The van der Waals surface area contributed by atoms with E-state index in [2.05, 4.69) is 20.8 Å². The lowest BCUT2D eigenvalue weighted by Crippen LogP contribution is -2.37. The van der Waals surface area contributed by atoms with Gasteiger partial charge in [0.1, 0.15) is 0 Å². The normalized spacial score (nSPS) is 12.0. The summed E-state index contributed by atoms with van der Waals surface area (Å²) in [5.74, 6) is -0.421. The molecule has 130 valence electrons. The van der Waals surface area contributed by atoms with E-state index in [0.717, 1.165) is 23.4 Å². The predicted octanol–water partition coefficient (Wildman–Crippen LogP) is 2.20. The van der Waals surface area contributed by atoms with Gasteiger partial charge in [-0.3, -0.25) is 14.7 Å². The minimum absolute atomic E-state index is 0.0402. The molecule has 1 atom stereocenters. The van der Waals surface area contributed by atoms with Gasteiger partial charge < -0.3 is 10.6 Å². The number of carbonyl (C=O) groups excluding carboxylic acids is 2. The Labute approximate surface area is 146 Å². The molecule has 0 fully saturated rings. The Hall–Kier alpha value is -2.15. The van der Waals surface area contributed by atoms with Crippen LogP contribution in [0.5, 0.6) is 0 Å². The first kappa shape index (κ1) is 18.2. The summed E-state index contributed by atoms with van der Waals surface area (Å²) >= 11 is 1.45. The third kappa shape index (κ3) is 5.19. The Morgan fingerprint density at radius 1 is 1.29 bits per heavy atom. The average molecular weight is 348 g/mol. The van der Waals surface area contributed by atoms with Crippen molar-refractivity contribution in [2.45, 2.75) is 33.6 Å². The van der Waals surface area contributed by atoms with Gasteiger partial charge >= 0.3 is 0 Å². The molecule has 0 unspecified atom stereocenters. The van der Waals surface area contributed by atoms with E-state index in [1.54, 1.807) is 6.07 Å². The van der Waals surface area contributed by atoms with Crippen LogP contribution < -0.4 is 10.6 Å². The van der Waals surface area contributed by atoms with Gasteiger partial charge in [-0.25, -0.2) is 0 Å². The van der Waals surface area contributed by atoms with E-state index in [4.69, 9.17) is 0 Å². The summed E-state index contributed by atoms with van der Waals surface area (Å²) in [5.41, 5.74) is 2.25. The fraction of sp³-hybridized carbons (Fsp3) is 0.471. The number of nitrogens with zero attached hydrogens (tertiary/aromatic N) is 1. The monoisotopic (exact) mass is 348 g/mol. The van der Waals surface area contributed by atoms with Crippen molar-refractivity contribution in [2.24, 2.45) is 5.92 Å². The molecule has 0 radical (unpaired) electrons. The minimum Gasteiger partial charge on any atom is -0.356 e. The van der Waals surface area contributed by atoms with Crippen LogP contribution in [0.25, 0.3) is 0 Å². The number of hydrogen-bond donors (Lipinski definition) is 3. The van der Waals surface area contributed by atoms with Gasteiger partial charge in [0.05, 0.1) is 17.0 Å². The van der Waals surface area contributed by atoms with Gasteiger partial charge in [0.2, 0.25) is 5.91 Å². The van der Waals surface area contributed by atoms with Crippen molar-refractivity contribution in [1.82, 2.24) is 20.8 Å². The molecule has 2 aromatic heterocycles. The lowest BCUT2D eigenvalue weighted by atomic mass is 10.1. The van der Waals surface area contributed by atoms with Crippen molar-refractivity contribution in [2.75, 3.05) is 13.1 Å². The lowest BCUT2D eigenvalue weighted by Gasteiger charge is -2.12. The summed E-state index contributed by atoms with van der Waals surface area (Å²) in [4.78, 5) is 25.8. The number of thiophene rings is 1. The Morgan fingerprint density at radius 3 is 2.71 bits per heavy atom. The molecule has 0 saturated heterocycles. The van der Waals surface area contributed by atoms with E-state index < -0.39 is 0 Å². The quantitative estimate of drug-likeness (QED) is 0.639. The van der Waals surface area contributed by atoms with E-state index >= 15 is 0 Å². The number of rotatable bonds is 8. The van der Waals surface area contributed by atoms with Gasteiger partial charge in [0, 0.05) is 23.7 Å². The summed E-state index contributed by atoms with van der Waals surface area (Å²) in [5, 5.41) is 12.6. The van der Waals surface area contributed by atoms with E-state index in [1.807, 2.05) is 33.0 Å². The Balaban J connectivity index is 1.64. The number of aromatic nitrogens is 2. The molecule has 24 heavy (non-hydrogen) atoms. The molecule has 0 aliphatic heterocycles. The molecule has 0 spiro atoms. The van der Waals surface area contributed by atoms with Crippen LogP contribution in [0.4, 0.5) is 0 Å². The van der Waals surface area contributed by atoms with E-state index in [-0.39, 0.29) is 17.7 Å². The average Bonchev–Trinajstić information content (AvgIpc) is 3.17. The van der Waals surface area contributed by atoms with Gasteiger partial charge in [-0.2, -0.15) is 5.10 Å². The van der Waals surface area contributed by atoms with Crippen LogP contribution in [0.2, 0.25) is 0 Å². The van der Waals surface area contributed by atoms with Crippen molar-refractivity contribution in [3.05, 3.63) is 39.3 Å². The maximum Gasteiger partial charge on any atom is 0.261 e. The highest BCUT2D eigenvalue weighted by Gasteiger charge is 2.15. The Morgan fingerprint density at radius 2 is 2.08 bits per heavy atom. The third-order valence-electron chi connectivity index (χ3n) is 3.84. The highest BCUT2D eigenvalue weighted by atomic mass is 32.1. The summed E-state index contributed by atoms with van der Waals surface area (Å²) < 4.78 is 0. The molecule has 3 N–H and O–H groups in total. The second-order valence-electron chi connectivity index (χ2n) is 5.94. The van der Waals surface area contributed by atoms with Crippen LogP contribution in [0, 0.1) is 19.8 Å². The van der Waals surface area contributed by atoms with E-state index in [0.29, 0.717) is 18.0 Å². The zero-order valence-corrected chi connectivity index (χ0v) is 15.1. The number of carbonyl (C=O) groups is 2. The highest BCUT2D eigenvalue weighted by Crippen LogP contribution is 2.14. The zero-order valence-electron chi connectivity index (χ0n) is 14.3. The number of nitrogens with one attached hydrogen (secondary N) is 3. The van der Waals surface area contributed by atoms with Crippen LogP contribution >= 0.6 is 11.3 Å². The van der Waals surface area contributed by atoms with Crippen molar-refractivity contribution in [3.8, 4) is 0 Å². The molecule has 2 aromatic rings. The van der Waals surface area contributed by atoms with Gasteiger partial charge in [0.15, 0.2) is 0 Å². The minimum atomic E-state index is -0.259. The van der Waals surface area contributed by atoms with Crippen LogP contribution in [0.15, 0.2) is 18.3 Å². The van der Waals surface area contributed by atoms with Crippen LogP contribution in [0.3, 0.4) is 0 Å². The van der Waals surface area contributed by atoms with Crippen LogP contribution in [0.1, 0.15) is 39.2 Å². The molecule has 7 heteroatoms. The maximum absolute atomic E-state index is 12.0. The number of hydrogen-bond acceptors (Lipinski definition) is 4. The number of H-pyrrole nitrogens is 1. The van der Waals surface area contributed by atoms with Gasteiger partial charge in [0.25, 0.3) is 5.91 Å². The molecular weight excluding hydrogens is 324 g/mol. The van der Waals surface area contributed by atoms with E-state index in [9.17, 15) is 9.59 Å². The van der Waals surface area contributed by atoms with Crippen LogP contribution in [-0.2, 0) is 11.2 Å². The highest BCUT2D eigenvalue weighted by molar-refractivity contribution is 7.13. The fourth-order valence-electron chi connectivity index (χ4n) is 2.27. The number of amides is 2. The summed E-state index contributed by atoms with van der Waals surface area (Å²) in [6, 6.07) is 3.72. The fourth-order valence-corrected chi connectivity index (χ4v) is 3.06. The second kappa shape index (κ2) is 8.63. The summed E-state index contributed by atoms with van der Waals surface area (Å²) in [6.07, 6.45) is 3.56. The summed E-state index contributed by atoms with van der Waals surface area (Å²) in [6.45, 7) is 6.72. The van der Waals surface area contributed by atoms with Crippen molar-refractivity contribution in [3.63, 3.8) is 0 Å². The second-order valence-corrected chi connectivity index (χ2v) is 7.22. The molecule has 2 amide bonds.